The summed E-state index contributed by atoms with van der Waals surface area (Å²) in [5, 5.41) is 0. The molecule has 4 nitrogen and oxygen atoms in total. The third-order valence-electron chi connectivity index (χ3n) is 2.46. The molecule has 0 radical (unpaired) electrons. The van der Waals surface area contributed by atoms with Crippen molar-refractivity contribution in [2.75, 3.05) is 12.8 Å². The topological polar surface area (TPSA) is 65.5 Å². The van der Waals surface area contributed by atoms with Gasteiger partial charge in [0.2, 0.25) is 5.76 Å². The van der Waals surface area contributed by atoms with Crippen LogP contribution in [0.15, 0.2) is 44.3 Å². The molecule has 0 atom stereocenters. The lowest BCUT2D eigenvalue weighted by molar-refractivity contribution is 0.0564. The van der Waals surface area contributed by atoms with Crippen molar-refractivity contribution in [2.24, 2.45) is 0 Å². The van der Waals surface area contributed by atoms with Crippen LogP contribution in [0.1, 0.15) is 16.1 Å². The monoisotopic (exact) mass is 341 g/mol. The summed E-state index contributed by atoms with van der Waals surface area (Å²) in [7, 11) is 1.33. The third kappa shape index (κ3) is 3.33. The fraction of sp³-hybridized carbons (Fsp3) is 0.154. The van der Waals surface area contributed by atoms with Crippen molar-refractivity contribution in [1.29, 1.82) is 0 Å². The van der Waals surface area contributed by atoms with Gasteiger partial charge in [-0.15, -0.1) is 11.8 Å². The number of anilines is 1. The van der Waals surface area contributed by atoms with Gasteiger partial charge in [-0.05, 0) is 40.2 Å². The average Bonchev–Trinajstić information content (AvgIpc) is 2.85. The van der Waals surface area contributed by atoms with Gasteiger partial charge in [-0.2, -0.15) is 0 Å². The van der Waals surface area contributed by atoms with E-state index >= 15 is 0 Å². The van der Waals surface area contributed by atoms with Crippen molar-refractivity contribution in [1.82, 2.24) is 0 Å². The first-order chi connectivity index (χ1) is 9.11. The van der Waals surface area contributed by atoms with Gasteiger partial charge in [0, 0.05) is 26.4 Å². The molecule has 19 heavy (non-hydrogen) atoms. The highest BCUT2D eigenvalue weighted by molar-refractivity contribution is 9.10. The molecule has 100 valence electrons. The van der Waals surface area contributed by atoms with Crippen LogP contribution in [0.5, 0.6) is 0 Å². The van der Waals surface area contributed by atoms with E-state index in [4.69, 9.17) is 10.2 Å². The Morgan fingerprint density at radius 2 is 2.26 bits per heavy atom. The lowest BCUT2D eigenvalue weighted by atomic mass is 10.3. The molecule has 0 bridgehead atoms. The largest absolute Gasteiger partial charge is 0.463 e. The van der Waals surface area contributed by atoms with Crippen LogP contribution in [0.25, 0.3) is 0 Å². The van der Waals surface area contributed by atoms with Gasteiger partial charge in [-0.25, -0.2) is 4.79 Å². The molecule has 1 aromatic heterocycles. The maximum Gasteiger partial charge on any atom is 0.374 e. The Hall–Kier alpha value is -1.40. The Morgan fingerprint density at radius 1 is 1.47 bits per heavy atom. The van der Waals surface area contributed by atoms with Gasteiger partial charge in [-0.3, -0.25) is 0 Å². The minimum Gasteiger partial charge on any atom is -0.463 e. The number of esters is 1. The zero-order valence-corrected chi connectivity index (χ0v) is 12.6. The number of ether oxygens (including phenoxy) is 1. The number of hydrogen-bond donors (Lipinski definition) is 1. The first-order valence-corrected chi connectivity index (χ1v) is 7.22. The quantitative estimate of drug-likeness (QED) is 0.521. The van der Waals surface area contributed by atoms with E-state index in [0.717, 1.165) is 14.9 Å². The number of hydrogen-bond acceptors (Lipinski definition) is 5. The van der Waals surface area contributed by atoms with Gasteiger partial charge < -0.3 is 14.9 Å². The Labute approximate surface area is 123 Å². The summed E-state index contributed by atoms with van der Waals surface area (Å²) in [6.45, 7) is 0. The molecule has 6 heteroatoms. The number of halogens is 1. The molecule has 1 aromatic carbocycles. The molecule has 0 spiro atoms. The predicted molar refractivity (Wildman–Crippen MR) is 78.2 cm³/mol. The molecule has 0 aliphatic heterocycles. The SMILES string of the molecule is COC(=O)c1occc1CSc1ccc(N)cc1Br. The highest BCUT2D eigenvalue weighted by Crippen LogP contribution is 2.32. The molecular weight excluding hydrogens is 330 g/mol. The number of nitrogens with two attached hydrogens (primary N) is 1. The molecule has 2 aromatic rings. The Bertz CT molecular complexity index is 597. The van der Waals surface area contributed by atoms with Crippen molar-refractivity contribution in [3.8, 4) is 0 Å². The number of thioether (sulfide) groups is 1. The van der Waals surface area contributed by atoms with Gasteiger partial charge in [0.15, 0.2) is 0 Å². The van der Waals surface area contributed by atoms with Gasteiger partial charge in [0.05, 0.1) is 13.4 Å². The summed E-state index contributed by atoms with van der Waals surface area (Å²) < 4.78 is 10.7. The van der Waals surface area contributed by atoms with Crippen LogP contribution in [0.3, 0.4) is 0 Å². The van der Waals surface area contributed by atoms with Crippen LogP contribution in [-0.2, 0) is 10.5 Å². The summed E-state index contributed by atoms with van der Waals surface area (Å²) in [4.78, 5) is 12.5. The lowest BCUT2D eigenvalue weighted by Crippen LogP contribution is -2.02. The van der Waals surface area contributed by atoms with Crippen LogP contribution < -0.4 is 5.73 Å². The first kappa shape index (κ1) is 14.0. The molecule has 0 saturated heterocycles. The second-order valence-electron chi connectivity index (χ2n) is 3.75. The number of carbonyl (C=O) groups is 1. The van der Waals surface area contributed by atoms with E-state index in [1.54, 1.807) is 17.8 Å². The Morgan fingerprint density at radius 3 is 2.95 bits per heavy atom. The molecule has 0 aliphatic carbocycles. The zero-order valence-electron chi connectivity index (χ0n) is 10.2. The Balaban J connectivity index is 2.10. The van der Waals surface area contributed by atoms with Gasteiger partial charge in [0.25, 0.3) is 0 Å². The molecule has 0 fully saturated rings. The lowest BCUT2D eigenvalue weighted by Gasteiger charge is -2.05. The van der Waals surface area contributed by atoms with Crippen molar-refractivity contribution in [2.45, 2.75) is 10.6 Å². The normalized spacial score (nSPS) is 10.4. The minimum absolute atomic E-state index is 0.251. The van der Waals surface area contributed by atoms with Crippen molar-refractivity contribution < 1.29 is 13.9 Å². The fourth-order valence-corrected chi connectivity index (χ4v) is 3.15. The van der Waals surface area contributed by atoms with Crippen molar-refractivity contribution in [3.05, 3.63) is 46.3 Å². The Kier molecular flexibility index (Phi) is 4.55. The summed E-state index contributed by atoms with van der Waals surface area (Å²) in [5.41, 5.74) is 7.19. The van der Waals surface area contributed by atoms with Crippen molar-refractivity contribution in [3.63, 3.8) is 0 Å². The van der Waals surface area contributed by atoms with Crippen LogP contribution in [-0.4, -0.2) is 13.1 Å². The van der Waals surface area contributed by atoms with E-state index in [1.165, 1.54) is 13.4 Å². The van der Waals surface area contributed by atoms with Gasteiger partial charge >= 0.3 is 5.97 Å². The number of furan rings is 1. The smallest absolute Gasteiger partial charge is 0.374 e. The zero-order chi connectivity index (χ0) is 13.8. The van der Waals surface area contributed by atoms with Crippen LogP contribution in [0.4, 0.5) is 5.69 Å². The summed E-state index contributed by atoms with van der Waals surface area (Å²) in [6.07, 6.45) is 1.49. The number of nitrogen functional groups attached to an aromatic ring is 1. The second-order valence-corrected chi connectivity index (χ2v) is 5.62. The van der Waals surface area contributed by atoms with E-state index < -0.39 is 5.97 Å². The molecule has 0 amide bonds. The number of rotatable bonds is 4. The van der Waals surface area contributed by atoms with E-state index in [0.29, 0.717) is 11.4 Å². The first-order valence-electron chi connectivity index (χ1n) is 5.44. The molecular formula is C13H12BrNO3S. The van der Waals surface area contributed by atoms with E-state index in [1.807, 2.05) is 18.2 Å². The molecule has 2 rings (SSSR count). The molecule has 0 unspecified atom stereocenters. The molecule has 1 heterocycles. The van der Waals surface area contributed by atoms with Crippen molar-refractivity contribution >= 4 is 39.3 Å². The standard InChI is InChI=1S/C13H12BrNO3S/c1-17-13(16)12-8(4-5-18-12)7-19-11-3-2-9(15)6-10(11)14/h2-6H,7,15H2,1H3. The predicted octanol–water partition coefficient (Wildman–Crippen LogP) is 3.70. The summed E-state index contributed by atoms with van der Waals surface area (Å²) >= 11 is 5.04. The van der Waals surface area contributed by atoms with E-state index in [9.17, 15) is 4.79 Å². The van der Waals surface area contributed by atoms with Gasteiger partial charge in [-0.1, -0.05) is 0 Å². The molecule has 2 N–H and O–H groups in total. The minimum atomic E-state index is -0.461. The third-order valence-corrected chi connectivity index (χ3v) is 4.50. The highest BCUT2D eigenvalue weighted by atomic mass is 79.9. The van der Waals surface area contributed by atoms with Crippen LogP contribution in [0, 0.1) is 0 Å². The highest BCUT2D eigenvalue weighted by Gasteiger charge is 2.16. The maximum atomic E-state index is 11.5. The summed E-state index contributed by atoms with van der Waals surface area (Å²) in [6, 6.07) is 7.38. The number of methoxy groups -OCH3 is 1. The average molecular weight is 342 g/mol. The number of carbonyl (C=O) groups excluding carboxylic acids is 1. The van der Waals surface area contributed by atoms with Crippen LogP contribution >= 0.6 is 27.7 Å². The van der Waals surface area contributed by atoms with Crippen LogP contribution in [0.2, 0.25) is 0 Å². The fourth-order valence-electron chi connectivity index (χ4n) is 1.51. The maximum absolute atomic E-state index is 11.5. The van der Waals surface area contributed by atoms with E-state index in [2.05, 4.69) is 20.7 Å². The van der Waals surface area contributed by atoms with Gasteiger partial charge in [0.1, 0.15) is 0 Å². The summed E-state index contributed by atoms with van der Waals surface area (Å²) in [5.74, 6) is 0.405. The van der Waals surface area contributed by atoms with E-state index in [-0.39, 0.29) is 5.76 Å². The molecule has 0 aliphatic rings. The number of benzene rings is 1. The molecule has 0 saturated carbocycles. The second kappa shape index (κ2) is 6.16.